The fraction of sp³-hybridized carbons (Fsp3) is 0.0545. The minimum absolute atomic E-state index is 0.0473. The summed E-state index contributed by atoms with van der Waals surface area (Å²) < 4.78 is 7.00. The summed E-state index contributed by atoms with van der Waals surface area (Å²) >= 11 is 0. The van der Waals surface area contributed by atoms with E-state index in [0.717, 1.165) is 71.7 Å². The average molecular weight is 745 g/mol. The third-order valence-electron chi connectivity index (χ3n) is 11.7. The van der Waals surface area contributed by atoms with E-state index >= 15 is 0 Å². The van der Waals surface area contributed by atoms with E-state index in [0.29, 0.717) is 17.2 Å². The summed E-state index contributed by atoms with van der Waals surface area (Å²) in [5.74, 6) is 0.490. The monoisotopic (exact) mass is 744 g/mol. The molecule has 0 aliphatic heterocycles. The quantitative estimate of drug-likeness (QED) is 0.118. The highest BCUT2D eigenvalue weighted by molar-refractivity contribution is 6.27. The lowest BCUT2D eigenvalue weighted by Gasteiger charge is -2.21. The van der Waals surface area contributed by atoms with Gasteiger partial charge >= 0.3 is 0 Å². The first-order valence-electron chi connectivity index (χ1n) is 19.7. The number of hydrogen-bond acceptors (Lipinski definition) is 2. The predicted octanol–water partition coefficient (Wildman–Crippen LogP) is 14.5. The summed E-state index contributed by atoms with van der Waals surface area (Å²) in [4.78, 5) is 10.5. The highest BCUT2D eigenvalue weighted by Crippen LogP contribution is 2.50. The van der Waals surface area contributed by atoms with Gasteiger partial charge in [-0.1, -0.05) is 173 Å². The number of aliphatic imine (C=N–C) groups is 2. The molecule has 1 heterocycles. The van der Waals surface area contributed by atoms with Gasteiger partial charge in [-0.3, -0.25) is 0 Å². The molecule has 0 bridgehead atoms. The Morgan fingerprint density at radius 2 is 1.21 bits per heavy atom. The van der Waals surface area contributed by atoms with Gasteiger partial charge in [0.25, 0.3) is 0 Å². The maximum Gasteiger partial charge on any atom is 0.164 e. The molecule has 1 aliphatic rings. The van der Waals surface area contributed by atoms with Crippen molar-refractivity contribution in [3.05, 3.63) is 223 Å². The zero-order valence-electron chi connectivity index (χ0n) is 32.5. The van der Waals surface area contributed by atoms with Crippen LogP contribution in [0.15, 0.2) is 210 Å². The largest absolute Gasteiger partial charge is 0.455 e. The Balaban J connectivity index is 1.17. The number of amidine groups is 1. The van der Waals surface area contributed by atoms with E-state index in [4.69, 9.17) is 14.4 Å². The van der Waals surface area contributed by atoms with Gasteiger partial charge in [-0.25, -0.2) is 9.98 Å². The van der Waals surface area contributed by atoms with Crippen molar-refractivity contribution in [2.45, 2.75) is 19.3 Å². The molecule has 3 nitrogen and oxygen atoms in total. The van der Waals surface area contributed by atoms with Crippen LogP contribution in [0.2, 0.25) is 0 Å². The number of hydrogen-bond donors (Lipinski definition) is 0. The number of rotatable bonds is 7. The maximum atomic E-state index is 7.00. The lowest BCUT2D eigenvalue weighted by Crippen LogP contribution is -2.14. The van der Waals surface area contributed by atoms with Crippen molar-refractivity contribution in [1.82, 2.24) is 0 Å². The molecule has 0 N–H and O–H groups in total. The molecular weight excluding hydrogens is 705 g/mol. The van der Waals surface area contributed by atoms with Crippen molar-refractivity contribution in [2.24, 2.45) is 9.98 Å². The van der Waals surface area contributed by atoms with E-state index in [1.54, 1.807) is 6.08 Å². The van der Waals surface area contributed by atoms with Crippen LogP contribution in [-0.4, -0.2) is 11.5 Å². The number of benzene rings is 8. The summed E-state index contributed by atoms with van der Waals surface area (Å²) in [7, 11) is 0. The standard InChI is InChI=1S/C55H40N2O/c1-5-50(42-23-16-22-38(31-42)37-19-10-7-11-20-37)57-54(56-35(2)36-17-8-6-9-18-36)47-33-41-21-12-13-24-43(41)52-45-29-27-40(34-51(45)58-53(47)52)39-28-30-49-46(32-39)44-25-14-15-26-48(44)55(49,3)4/h5-34H,1-2H2,3-4H3/b56-54-,57-50+. The Kier molecular flexibility index (Phi) is 8.46. The number of furan rings is 1. The summed E-state index contributed by atoms with van der Waals surface area (Å²) in [5.41, 5.74) is 15.2. The molecular formula is C55H40N2O. The fourth-order valence-electron chi connectivity index (χ4n) is 8.67. The molecule has 0 unspecified atom stereocenters. The van der Waals surface area contributed by atoms with Gasteiger partial charge in [-0.2, -0.15) is 0 Å². The second-order valence-electron chi connectivity index (χ2n) is 15.5. The Hall–Kier alpha value is -7.36. The van der Waals surface area contributed by atoms with Crippen molar-refractivity contribution >= 4 is 50.0 Å². The highest BCUT2D eigenvalue weighted by Gasteiger charge is 2.35. The molecule has 276 valence electrons. The molecule has 0 radical (unpaired) electrons. The Morgan fingerprint density at radius 1 is 0.552 bits per heavy atom. The van der Waals surface area contributed by atoms with Crippen LogP contribution < -0.4 is 0 Å². The van der Waals surface area contributed by atoms with Gasteiger partial charge in [0.05, 0.1) is 17.0 Å². The van der Waals surface area contributed by atoms with E-state index in [9.17, 15) is 0 Å². The van der Waals surface area contributed by atoms with Gasteiger partial charge < -0.3 is 4.42 Å². The zero-order valence-corrected chi connectivity index (χ0v) is 32.5. The summed E-state index contributed by atoms with van der Waals surface area (Å²) in [6.07, 6.45) is 1.80. The molecule has 1 aliphatic carbocycles. The smallest absolute Gasteiger partial charge is 0.164 e. The second-order valence-corrected chi connectivity index (χ2v) is 15.5. The first kappa shape index (κ1) is 35.1. The lowest BCUT2D eigenvalue weighted by atomic mass is 9.82. The van der Waals surface area contributed by atoms with E-state index < -0.39 is 0 Å². The number of fused-ring (bicyclic) bond motifs is 8. The molecule has 10 rings (SSSR count). The van der Waals surface area contributed by atoms with Crippen LogP contribution in [0.3, 0.4) is 0 Å². The molecule has 1 aromatic heterocycles. The molecule has 0 fully saturated rings. The maximum absolute atomic E-state index is 7.00. The van der Waals surface area contributed by atoms with Crippen LogP contribution in [-0.2, 0) is 5.41 Å². The molecule has 0 spiro atoms. The highest BCUT2D eigenvalue weighted by atomic mass is 16.3. The van der Waals surface area contributed by atoms with Crippen LogP contribution >= 0.6 is 0 Å². The Bertz CT molecular complexity index is 3160. The molecule has 58 heavy (non-hydrogen) atoms. The molecule has 0 atom stereocenters. The summed E-state index contributed by atoms with van der Waals surface area (Å²) in [6.45, 7) is 13.3. The normalized spacial score (nSPS) is 13.5. The zero-order chi connectivity index (χ0) is 39.4. The third kappa shape index (κ3) is 5.91. The van der Waals surface area contributed by atoms with Crippen molar-refractivity contribution in [1.29, 1.82) is 0 Å². The van der Waals surface area contributed by atoms with Gasteiger partial charge in [0.2, 0.25) is 0 Å². The van der Waals surface area contributed by atoms with E-state index in [2.05, 4.69) is 167 Å². The van der Waals surface area contributed by atoms with Crippen LogP contribution in [0.4, 0.5) is 0 Å². The van der Waals surface area contributed by atoms with Gasteiger partial charge in [0, 0.05) is 21.8 Å². The second kappa shape index (κ2) is 14.0. The van der Waals surface area contributed by atoms with Gasteiger partial charge in [0.1, 0.15) is 11.2 Å². The Labute approximate surface area is 338 Å². The van der Waals surface area contributed by atoms with Crippen molar-refractivity contribution in [2.75, 3.05) is 0 Å². The molecule has 0 saturated carbocycles. The lowest BCUT2D eigenvalue weighted by molar-refractivity contribution is 0.660. The Morgan fingerprint density at radius 3 is 2.03 bits per heavy atom. The van der Waals surface area contributed by atoms with E-state index in [-0.39, 0.29) is 5.41 Å². The van der Waals surface area contributed by atoms with Crippen molar-refractivity contribution in [3.8, 4) is 33.4 Å². The minimum atomic E-state index is -0.0473. The first-order valence-corrected chi connectivity index (χ1v) is 19.7. The van der Waals surface area contributed by atoms with Crippen LogP contribution in [0, 0.1) is 0 Å². The predicted molar refractivity (Wildman–Crippen MR) is 245 cm³/mol. The molecule has 8 aromatic carbocycles. The van der Waals surface area contributed by atoms with E-state index in [1.165, 1.54) is 22.3 Å². The van der Waals surface area contributed by atoms with Crippen molar-refractivity contribution < 1.29 is 4.42 Å². The van der Waals surface area contributed by atoms with Gasteiger partial charge in [-0.05, 0) is 97.3 Å². The molecule has 0 amide bonds. The number of nitrogens with zero attached hydrogens (tertiary/aromatic N) is 2. The molecule has 9 aromatic rings. The molecule has 3 heteroatoms. The van der Waals surface area contributed by atoms with Gasteiger partial charge in [0.15, 0.2) is 5.84 Å². The average Bonchev–Trinajstić information content (AvgIpc) is 3.77. The first-order chi connectivity index (χ1) is 28.4. The van der Waals surface area contributed by atoms with E-state index in [1.807, 2.05) is 36.4 Å². The van der Waals surface area contributed by atoms with Gasteiger partial charge in [-0.15, -0.1) is 0 Å². The van der Waals surface area contributed by atoms with Crippen LogP contribution in [0.1, 0.15) is 41.7 Å². The van der Waals surface area contributed by atoms with Crippen LogP contribution in [0.25, 0.3) is 71.8 Å². The van der Waals surface area contributed by atoms with Crippen molar-refractivity contribution in [3.63, 3.8) is 0 Å². The summed E-state index contributed by atoms with van der Waals surface area (Å²) in [5, 5.41) is 4.23. The minimum Gasteiger partial charge on any atom is -0.455 e. The summed E-state index contributed by atoms with van der Waals surface area (Å²) in [6, 6.07) is 61.6. The van der Waals surface area contributed by atoms with Crippen LogP contribution in [0.5, 0.6) is 0 Å². The molecule has 0 saturated heterocycles. The third-order valence-corrected chi connectivity index (χ3v) is 11.7. The topological polar surface area (TPSA) is 37.9 Å². The SMILES string of the molecule is C=C/C(=N\C(=N/C(=C)c1ccccc1)c1cc2ccccc2c2c1oc1cc(-c3ccc4c(c3)-c3ccccc3C4(C)C)ccc12)c1cccc(-c2ccccc2)c1. The number of allylic oxidation sites excluding steroid dienone is 1. The fourth-order valence-corrected chi connectivity index (χ4v) is 8.67.